The lowest BCUT2D eigenvalue weighted by Gasteiger charge is -2.34. The molecule has 2 aromatic carbocycles. The number of rotatable bonds is 14. The molecule has 0 heterocycles. The van der Waals surface area contributed by atoms with E-state index in [0.29, 0.717) is 12.8 Å². The quantitative estimate of drug-likeness (QED) is 0.240. The van der Waals surface area contributed by atoms with Crippen molar-refractivity contribution in [3.8, 4) is 0 Å². The van der Waals surface area contributed by atoms with E-state index in [9.17, 15) is 32.8 Å². The molecule has 0 spiro atoms. The van der Waals surface area contributed by atoms with Crippen LogP contribution in [0.25, 0.3) is 0 Å². The summed E-state index contributed by atoms with van der Waals surface area (Å²) >= 11 is 0. The molecule has 2 atom stereocenters. The number of alkyl halides is 2. The van der Waals surface area contributed by atoms with Crippen molar-refractivity contribution >= 4 is 29.7 Å². The van der Waals surface area contributed by atoms with Crippen molar-refractivity contribution in [2.45, 2.75) is 78.1 Å². The lowest BCUT2D eigenvalue weighted by atomic mass is 9.95. The molecule has 0 aliphatic heterocycles. The molecule has 244 valence electrons. The Labute approximate surface area is 261 Å². The average molecular weight is 630 g/mol. The number of halogens is 2. The molecule has 0 aromatic heterocycles. The highest BCUT2D eigenvalue weighted by atomic mass is 19.3. The predicted octanol–water partition coefficient (Wildman–Crippen LogP) is 3.84. The maximum absolute atomic E-state index is 14.6. The molecule has 2 aromatic rings. The predicted molar refractivity (Wildman–Crippen MR) is 161 cm³/mol. The minimum atomic E-state index is -4.48. The third-order valence-corrected chi connectivity index (χ3v) is 7.59. The van der Waals surface area contributed by atoms with Gasteiger partial charge in [0, 0.05) is 6.04 Å². The number of Topliss-reactive ketones (excluding diaryl/α,β-unsaturated/α-hetero) is 1. The topological polar surface area (TPSA) is 131 Å². The van der Waals surface area contributed by atoms with Gasteiger partial charge in [0.15, 0.2) is 0 Å². The van der Waals surface area contributed by atoms with E-state index < -0.39 is 72.1 Å². The van der Waals surface area contributed by atoms with Gasteiger partial charge >= 0.3 is 18.0 Å². The summed E-state index contributed by atoms with van der Waals surface area (Å²) in [4.78, 5) is 66.1. The summed E-state index contributed by atoms with van der Waals surface area (Å²) in [6.45, 7) is 6.72. The number of amides is 3. The second-order valence-electron chi connectivity index (χ2n) is 11.7. The molecule has 10 nitrogen and oxygen atoms in total. The Bertz CT molecular complexity index is 1340. The number of fused-ring (bicyclic) bond motifs is 1. The average Bonchev–Trinajstić information content (AvgIpc) is 3.44. The Kier molecular flexibility index (Phi) is 12.2. The maximum Gasteiger partial charge on any atom is 0.408 e. The fourth-order valence-electron chi connectivity index (χ4n) is 5.15. The molecule has 0 saturated carbocycles. The molecule has 2 unspecified atom stereocenters. The van der Waals surface area contributed by atoms with Crippen LogP contribution < -0.4 is 10.6 Å². The molecule has 1 aliphatic carbocycles. The highest BCUT2D eigenvalue weighted by Crippen LogP contribution is 2.27. The monoisotopic (exact) mass is 629 g/mol. The molecule has 0 radical (unpaired) electrons. The van der Waals surface area contributed by atoms with Crippen LogP contribution in [0.5, 0.6) is 0 Å². The molecule has 3 amide bonds. The van der Waals surface area contributed by atoms with Crippen molar-refractivity contribution in [3.63, 3.8) is 0 Å². The van der Waals surface area contributed by atoms with Crippen LogP contribution in [0.2, 0.25) is 0 Å². The zero-order valence-electron chi connectivity index (χ0n) is 26.2. The van der Waals surface area contributed by atoms with Gasteiger partial charge in [-0.05, 0) is 48.3 Å². The summed E-state index contributed by atoms with van der Waals surface area (Å²) in [5, 5.41) is 4.93. The van der Waals surface area contributed by atoms with Gasteiger partial charge in [-0.2, -0.15) is 8.78 Å². The number of hydrogen-bond donors (Lipinski definition) is 2. The highest BCUT2D eigenvalue weighted by molar-refractivity contribution is 6.08. The largest absolute Gasteiger partial charge is 0.461 e. The minimum absolute atomic E-state index is 0.0171. The van der Waals surface area contributed by atoms with Gasteiger partial charge in [0.1, 0.15) is 12.6 Å². The van der Waals surface area contributed by atoms with Gasteiger partial charge in [0.05, 0.1) is 19.2 Å². The maximum atomic E-state index is 14.6. The molecule has 0 saturated heterocycles. The standard InChI is InChI=1S/C33H41F2N3O7/c1-6-44-31(42)33(34,35)29(40)27(20(2)3)36-26(39)18-38(25-16-23-14-10-11-15-24(23)17-25)30(41)28(21(4)5)37-32(43)45-19-22-12-8-7-9-13-22/h7-15,20-21,25,27-28H,6,16-19H2,1-5H3,(H,36,39)(H,37,43). The van der Waals surface area contributed by atoms with Gasteiger partial charge in [-0.1, -0.05) is 82.3 Å². The smallest absolute Gasteiger partial charge is 0.408 e. The number of esters is 1. The second-order valence-corrected chi connectivity index (χ2v) is 11.7. The van der Waals surface area contributed by atoms with Crippen LogP contribution >= 0.6 is 0 Å². The van der Waals surface area contributed by atoms with Gasteiger partial charge in [-0.25, -0.2) is 9.59 Å². The SMILES string of the molecule is CCOC(=O)C(F)(F)C(=O)C(NC(=O)CN(C(=O)C(NC(=O)OCc1ccccc1)C(C)C)C1Cc2ccccc2C1)C(C)C. The Hall–Kier alpha value is -4.35. The van der Waals surface area contributed by atoms with Crippen LogP contribution in [0.3, 0.4) is 0 Å². The van der Waals surface area contributed by atoms with Crippen molar-refractivity contribution in [3.05, 3.63) is 71.3 Å². The summed E-state index contributed by atoms with van der Waals surface area (Å²) in [6, 6.07) is 13.3. The van der Waals surface area contributed by atoms with Gasteiger partial charge in [0.2, 0.25) is 17.6 Å². The van der Waals surface area contributed by atoms with Gasteiger partial charge < -0.3 is 25.0 Å². The van der Waals surface area contributed by atoms with Crippen molar-refractivity contribution in [2.75, 3.05) is 13.2 Å². The summed E-state index contributed by atoms with van der Waals surface area (Å²) in [7, 11) is 0. The zero-order chi connectivity index (χ0) is 33.3. The number of hydrogen-bond acceptors (Lipinski definition) is 7. The normalized spacial score (nSPS) is 14.3. The molecule has 2 N–H and O–H groups in total. The molecule has 12 heteroatoms. The third-order valence-electron chi connectivity index (χ3n) is 7.59. The number of ketones is 1. The molecule has 3 rings (SSSR count). The Morgan fingerprint density at radius 1 is 0.844 bits per heavy atom. The van der Waals surface area contributed by atoms with Crippen LogP contribution in [0.15, 0.2) is 54.6 Å². The zero-order valence-corrected chi connectivity index (χ0v) is 26.2. The molecular weight excluding hydrogens is 588 g/mol. The van der Waals surface area contributed by atoms with E-state index in [4.69, 9.17) is 4.74 Å². The fourth-order valence-corrected chi connectivity index (χ4v) is 5.15. The fraction of sp³-hybridized carbons (Fsp3) is 0.485. The van der Waals surface area contributed by atoms with E-state index in [2.05, 4.69) is 15.4 Å². The summed E-state index contributed by atoms with van der Waals surface area (Å²) in [5.74, 6) is -11.0. The van der Waals surface area contributed by atoms with Crippen LogP contribution in [-0.4, -0.2) is 71.8 Å². The molecular formula is C33H41F2N3O7. The first-order valence-corrected chi connectivity index (χ1v) is 15.0. The summed E-state index contributed by atoms with van der Waals surface area (Å²) in [6.07, 6.45) is 0.0226. The van der Waals surface area contributed by atoms with Crippen LogP contribution in [0.1, 0.15) is 51.3 Å². The van der Waals surface area contributed by atoms with E-state index in [0.717, 1.165) is 16.7 Å². The van der Waals surface area contributed by atoms with E-state index >= 15 is 0 Å². The van der Waals surface area contributed by atoms with Crippen molar-refractivity contribution in [1.29, 1.82) is 0 Å². The van der Waals surface area contributed by atoms with Crippen molar-refractivity contribution in [1.82, 2.24) is 15.5 Å². The number of carbonyl (C=O) groups is 5. The third kappa shape index (κ3) is 9.09. The van der Waals surface area contributed by atoms with Gasteiger partial charge in [-0.15, -0.1) is 0 Å². The summed E-state index contributed by atoms with van der Waals surface area (Å²) in [5.41, 5.74) is 2.73. The number of nitrogens with one attached hydrogen (secondary N) is 2. The Morgan fingerprint density at radius 3 is 1.93 bits per heavy atom. The Balaban J connectivity index is 1.82. The summed E-state index contributed by atoms with van der Waals surface area (Å²) < 4.78 is 39.0. The molecule has 0 fully saturated rings. The first-order valence-electron chi connectivity index (χ1n) is 15.0. The minimum Gasteiger partial charge on any atom is -0.461 e. The van der Waals surface area contributed by atoms with Crippen LogP contribution in [0, 0.1) is 11.8 Å². The highest BCUT2D eigenvalue weighted by Gasteiger charge is 2.52. The first kappa shape index (κ1) is 35.1. The van der Waals surface area contributed by atoms with Gasteiger partial charge in [-0.3, -0.25) is 14.4 Å². The van der Waals surface area contributed by atoms with Crippen molar-refractivity contribution < 1.29 is 42.2 Å². The van der Waals surface area contributed by atoms with E-state index in [1.54, 1.807) is 38.1 Å². The van der Waals surface area contributed by atoms with E-state index in [1.165, 1.54) is 25.7 Å². The lowest BCUT2D eigenvalue weighted by Crippen LogP contribution is -2.59. The second kappa shape index (κ2) is 15.6. The molecule has 45 heavy (non-hydrogen) atoms. The van der Waals surface area contributed by atoms with Crippen molar-refractivity contribution in [2.24, 2.45) is 11.8 Å². The van der Waals surface area contributed by atoms with Gasteiger partial charge in [0.25, 0.3) is 0 Å². The van der Waals surface area contributed by atoms with Crippen LogP contribution in [0.4, 0.5) is 13.6 Å². The number of nitrogens with zero attached hydrogens (tertiary/aromatic N) is 1. The van der Waals surface area contributed by atoms with E-state index in [-0.39, 0.29) is 13.2 Å². The number of carbonyl (C=O) groups excluding carboxylic acids is 5. The molecule has 0 bridgehead atoms. The number of benzene rings is 2. The number of alkyl carbamates (subject to hydrolysis) is 1. The molecule has 1 aliphatic rings. The number of ether oxygens (including phenoxy) is 2. The Morgan fingerprint density at radius 2 is 1.40 bits per heavy atom. The first-order chi connectivity index (χ1) is 21.3. The van der Waals surface area contributed by atoms with Crippen LogP contribution in [-0.2, 0) is 48.1 Å². The lowest BCUT2D eigenvalue weighted by molar-refractivity contribution is -0.178. The van der Waals surface area contributed by atoms with E-state index in [1.807, 2.05) is 30.3 Å².